The lowest BCUT2D eigenvalue weighted by atomic mass is 10.1. The monoisotopic (exact) mass is 287 g/mol. The van der Waals surface area contributed by atoms with E-state index in [2.05, 4.69) is 10.6 Å². The summed E-state index contributed by atoms with van der Waals surface area (Å²) in [7, 11) is 0. The van der Waals surface area contributed by atoms with Gasteiger partial charge in [-0.1, -0.05) is 0 Å². The van der Waals surface area contributed by atoms with Crippen LogP contribution >= 0.6 is 11.8 Å². The number of thioether (sulfide) groups is 1. The number of hydrogen-bond acceptors (Lipinski definition) is 4. The van der Waals surface area contributed by atoms with Crippen molar-refractivity contribution >= 4 is 29.7 Å². The minimum absolute atomic E-state index is 0.0108. The van der Waals surface area contributed by atoms with Crippen molar-refractivity contribution in [2.75, 3.05) is 24.6 Å². The molecular formula is C11H17N3O4S. The van der Waals surface area contributed by atoms with Gasteiger partial charge in [-0.3, -0.25) is 4.79 Å². The van der Waals surface area contributed by atoms with Gasteiger partial charge in [0.1, 0.15) is 6.04 Å². The van der Waals surface area contributed by atoms with E-state index in [1.165, 1.54) is 16.7 Å². The lowest BCUT2D eigenvalue weighted by Gasteiger charge is -2.34. The summed E-state index contributed by atoms with van der Waals surface area (Å²) in [6, 6.07) is -1.24. The molecule has 0 saturated carbocycles. The van der Waals surface area contributed by atoms with E-state index < -0.39 is 12.0 Å². The molecule has 0 aromatic heterocycles. The highest BCUT2D eigenvalue weighted by molar-refractivity contribution is 7.99. The van der Waals surface area contributed by atoms with Crippen molar-refractivity contribution < 1.29 is 19.5 Å². The number of nitrogens with zero attached hydrogens (tertiary/aromatic N) is 1. The lowest BCUT2D eigenvalue weighted by Crippen LogP contribution is -2.57. The van der Waals surface area contributed by atoms with Gasteiger partial charge in [-0.15, -0.1) is 0 Å². The van der Waals surface area contributed by atoms with Crippen molar-refractivity contribution in [1.29, 1.82) is 0 Å². The molecule has 19 heavy (non-hydrogen) atoms. The number of hydrogen-bond donors (Lipinski definition) is 3. The molecule has 2 aliphatic heterocycles. The first kappa shape index (κ1) is 14.0. The molecule has 106 valence electrons. The predicted molar refractivity (Wildman–Crippen MR) is 70.0 cm³/mol. The van der Waals surface area contributed by atoms with Crippen LogP contribution in [0.3, 0.4) is 0 Å². The maximum atomic E-state index is 12.1. The zero-order valence-electron chi connectivity index (χ0n) is 10.4. The molecule has 7 nitrogen and oxygen atoms in total. The Morgan fingerprint density at radius 1 is 1.47 bits per heavy atom. The average Bonchev–Trinajstić information content (AvgIpc) is 2.41. The SMILES string of the molecule is O=C1CCC(NC(=O)N2CCSCC2C(=O)O)CN1. The van der Waals surface area contributed by atoms with Crippen LogP contribution in [0.15, 0.2) is 0 Å². The van der Waals surface area contributed by atoms with Crippen LogP contribution in [-0.4, -0.2) is 64.6 Å². The quantitative estimate of drug-likeness (QED) is 0.634. The minimum atomic E-state index is -0.973. The number of amides is 3. The third-order valence-corrected chi connectivity index (χ3v) is 4.29. The zero-order chi connectivity index (χ0) is 13.8. The molecule has 2 rings (SSSR count). The number of carbonyl (C=O) groups excluding carboxylic acids is 2. The van der Waals surface area contributed by atoms with Crippen LogP contribution in [0.2, 0.25) is 0 Å². The number of carbonyl (C=O) groups is 3. The molecule has 0 aliphatic carbocycles. The molecule has 2 aliphatic rings. The Hall–Kier alpha value is -1.44. The number of carboxylic acid groups (broad SMARTS) is 1. The molecule has 2 unspecified atom stereocenters. The Balaban J connectivity index is 1.90. The van der Waals surface area contributed by atoms with Crippen LogP contribution in [0.1, 0.15) is 12.8 Å². The molecular weight excluding hydrogens is 270 g/mol. The maximum Gasteiger partial charge on any atom is 0.327 e. The summed E-state index contributed by atoms with van der Waals surface area (Å²) < 4.78 is 0. The Morgan fingerprint density at radius 3 is 2.89 bits per heavy atom. The molecule has 2 atom stereocenters. The molecule has 3 amide bonds. The summed E-state index contributed by atoms with van der Waals surface area (Å²) in [5.41, 5.74) is 0. The average molecular weight is 287 g/mol. The van der Waals surface area contributed by atoms with Crippen LogP contribution < -0.4 is 10.6 Å². The molecule has 2 heterocycles. The number of rotatable bonds is 2. The molecule has 2 saturated heterocycles. The van der Waals surface area contributed by atoms with E-state index in [0.717, 1.165) is 5.75 Å². The first-order valence-electron chi connectivity index (χ1n) is 6.22. The Labute approximate surface area is 115 Å². The smallest absolute Gasteiger partial charge is 0.327 e. The van der Waals surface area contributed by atoms with Crippen LogP contribution in [0, 0.1) is 0 Å². The third kappa shape index (κ3) is 3.52. The highest BCUT2D eigenvalue weighted by Crippen LogP contribution is 2.17. The topological polar surface area (TPSA) is 98.7 Å². The van der Waals surface area contributed by atoms with Crippen molar-refractivity contribution in [2.24, 2.45) is 0 Å². The number of nitrogens with one attached hydrogen (secondary N) is 2. The fraction of sp³-hybridized carbons (Fsp3) is 0.727. The van der Waals surface area contributed by atoms with Crippen LogP contribution in [0.5, 0.6) is 0 Å². The fourth-order valence-corrected chi connectivity index (χ4v) is 3.20. The summed E-state index contributed by atoms with van der Waals surface area (Å²) in [4.78, 5) is 35.6. The molecule has 0 bridgehead atoms. The summed E-state index contributed by atoms with van der Waals surface area (Å²) in [5.74, 6) is 0.186. The summed E-state index contributed by atoms with van der Waals surface area (Å²) in [6.45, 7) is 0.845. The van der Waals surface area contributed by atoms with E-state index in [-0.39, 0.29) is 18.0 Å². The van der Waals surface area contributed by atoms with Crippen LogP contribution in [-0.2, 0) is 9.59 Å². The van der Waals surface area contributed by atoms with Crippen LogP contribution in [0.4, 0.5) is 4.79 Å². The molecule has 3 N–H and O–H groups in total. The predicted octanol–water partition coefficient (Wildman–Crippen LogP) is -0.523. The van der Waals surface area contributed by atoms with Gasteiger partial charge < -0.3 is 20.6 Å². The zero-order valence-corrected chi connectivity index (χ0v) is 11.2. The number of aliphatic carboxylic acids is 1. The molecule has 2 fully saturated rings. The van der Waals surface area contributed by atoms with Crippen molar-refractivity contribution in [3.63, 3.8) is 0 Å². The summed E-state index contributed by atoms with van der Waals surface area (Å²) >= 11 is 1.54. The van der Waals surface area contributed by atoms with E-state index in [4.69, 9.17) is 5.11 Å². The molecule has 0 radical (unpaired) electrons. The number of urea groups is 1. The minimum Gasteiger partial charge on any atom is -0.480 e. The second-order valence-corrected chi connectivity index (χ2v) is 5.76. The second-order valence-electron chi connectivity index (χ2n) is 4.61. The van der Waals surface area contributed by atoms with E-state index in [9.17, 15) is 14.4 Å². The Bertz CT molecular complexity index is 380. The molecule has 0 aromatic carbocycles. The van der Waals surface area contributed by atoms with Gasteiger partial charge in [0, 0.05) is 37.1 Å². The van der Waals surface area contributed by atoms with Gasteiger partial charge in [0.25, 0.3) is 0 Å². The summed E-state index contributed by atoms with van der Waals surface area (Å²) in [6.07, 6.45) is 0.987. The van der Waals surface area contributed by atoms with Crippen LogP contribution in [0.25, 0.3) is 0 Å². The highest BCUT2D eigenvalue weighted by Gasteiger charge is 2.33. The molecule has 8 heteroatoms. The highest BCUT2D eigenvalue weighted by atomic mass is 32.2. The van der Waals surface area contributed by atoms with Gasteiger partial charge in [0.15, 0.2) is 0 Å². The Kier molecular flexibility index (Phi) is 4.52. The van der Waals surface area contributed by atoms with Gasteiger partial charge >= 0.3 is 12.0 Å². The molecule has 0 spiro atoms. The largest absolute Gasteiger partial charge is 0.480 e. The first-order chi connectivity index (χ1) is 9.08. The number of piperidine rings is 1. The van der Waals surface area contributed by atoms with Crippen molar-refractivity contribution in [3.8, 4) is 0 Å². The third-order valence-electron chi connectivity index (χ3n) is 3.27. The standard InChI is InChI=1S/C11H17N3O4S/c15-9-2-1-7(5-12-9)13-11(18)14-3-4-19-6-8(14)10(16)17/h7-8H,1-6H2,(H,12,15)(H,13,18)(H,16,17). The van der Waals surface area contributed by atoms with Crippen molar-refractivity contribution in [3.05, 3.63) is 0 Å². The van der Waals surface area contributed by atoms with Gasteiger partial charge in [0.05, 0.1) is 0 Å². The van der Waals surface area contributed by atoms with Gasteiger partial charge in [-0.2, -0.15) is 11.8 Å². The van der Waals surface area contributed by atoms with Crippen molar-refractivity contribution in [2.45, 2.75) is 24.9 Å². The molecule has 0 aromatic rings. The Morgan fingerprint density at radius 2 is 2.26 bits per heavy atom. The van der Waals surface area contributed by atoms with Crippen molar-refractivity contribution in [1.82, 2.24) is 15.5 Å². The van der Waals surface area contributed by atoms with E-state index in [0.29, 0.717) is 31.7 Å². The van der Waals surface area contributed by atoms with E-state index >= 15 is 0 Å². The van der Waals surface area contributed by atoms with Gasteiger partial charge in [-0.25, -0.2) is 9.59 Å². The van der Waals surface area contributed by atoms with E-state index in [1.807, 2.05) is 0 Å². The normalized spacial score (nSPS) is 27.6. The maximum absolute atomic E-state index is 12.1. The number of carboxylic acids is 1. The fourth-order valence-electron chi connectivity index (χ4n) is 2.16. The summed E-state index contributed by atoms with van der Waals surface area (Å²) in [5, 5.41) is 14.6. The van der Waals surface area contributed by atoms with Gasteiger partial charge in [0.2, 0.25) is 5.91 Å². The second kappa shape index (κ2) is 6.14. The van der Waals surface area contributed by atoms with E-state index in [1.54, 1.807) is 0 Å². The first-order valence-corrected chi connectivity index (χ1v) is 7.38. The van der Waals surface area contributed by atoms with Gasteiger partial charge in [-0.05, 0) is 6.42 Å². The lowest BCUT2D eigenvalue weighted by molar-refractivity contribution is -0.141.